The maximum Gasteiger partial charge on any atom is 0.416 e. The predicted molar refractivity (Wildman–Crippen MR) is 141 cm³/mol. The van der Waals surface area contributed by atoms with Gasteiger partial charge in [0.1, 0.15) is 11.5 Å². The minimum Gasteiger partial charge on any atom is -0.493 e. The van der Waals surface area contributed by atoms with Crippen LogP contribution in [-0.2, 0) is 17.4 Å². The molecule has 0 aliphatic carbocycles. The molecular weight excluding hydrogens is 554 g/mol. The third-order valence-corrected chi connectivity index (χ3v) is 6.09. The Labute approximate surface area is 231 Å². The van der Waals surface area contributed by atoms with Crippen LogP contribution in [0.5, 0.6) is 23.0 Å². The fourth-order valence-electron chi connectivity index (χ4n) is 3.84. The lowest BCUT2D eigenvalue weighted by Gasteiger charge is -2.18. The molecule has 4 rings (SSSR count). The lowest BCUT2D eigenvalue weighted by molar-refractivity contribution is -0.138. The number of urea groups is 1. The maximum atomic E-state index is 15.0. The van der Waals surface area contributed by atoms with E-state index < -0.39 is 35.9 Å². The number of imide groups is 1. The van der Waals surface area contributed by atoms with Crippen LogP contribution in [0.15, 0.2) is 66.9 Å². The van der Waals surface area contributed by atoms with Crippen LogP contribution in [0.4, 0.5) is 28.0 Å². The highest BCUT2D eigenvalue weighted by Gasteiger charge is 2.33. The zero-order valence-electron chi connectivity index (χ0n) is 21.0. The number of carbonyl (C=O) groups excluding carboxylic acids is 2. The Morgan fingerprint density at radius 3 is 2.35 bits per heavy atom. The number of alkyl halides is 3. The van der Waals surface area contributed by atoms with Crippen molar-refractivity contribution in [1.82, 2.24) is 10.3 Å². The van der Waals surface area contributed by atoms with Gasteiger partial charge in [0.05, 0.1) is 37.4 Å². The van der Waals surface area contributed by atoms with E-state index in [1.165, 1.54) is 44.7 Å². The van der Waals surface area contributed by atoms with E-state index in [4.69, 9.17) is 14.2 Å². The highest BCUT2D eigenvalue weighted by molar-refractivity contribution is 7.82. The highest BCUT2D eigenvalue weighted by Crippen LogP contribution is 2.37. The van der Waals surface area contributed by atoms with Crippen LogP contribution < -0.4 is 23.8 Å². The lowest BCUT2D eigenvalue weighted by Crippen LogP contribution is -2.39. The summed E-state index contributed by atoms with van der Waals surface area (Å²) < 4.78 is 71.5. The van der Waals surface area contributed by atoms with Crippen LogP contribution in [-0.4, -0.2) is 31.1 Å². The van der Waals surface area contributed by atoms with Crippen LogP contribution in [0, 0.1) is 5.82 Å². The number of benzene rings is 3. The average Bonchev–Trinajstić information content (AvgIpc) is 2.91. The van der Waals surface area contributed by atoms with E-state index in [-0.39, 0.29) is 17.0 Å². The Bertz CT molecular complexity index is 1580. The summed E-state index contributed by atoms with van der Waals surface area (Å²) in [6.45, 7) is 0. The summed E-state index contributed by atoms with van der Waals surface area (Å²) in [6.07, 6.45) is -3.90. The van der Waals surface area contributed by atoms with Gasteiger partial charge in [-0.05, 0) is 35.9 Å². The fourth-order valence-corrected chi connectivity index (χ4v) is 4.05. The van der Waals surface area contributed by atoms with Crippen molar-refractivity contribution < 1.29 is 41.4 Å². The number of carbonyl (C=O) groups is 2. The number of anilines is 1. The second kappa shape index (κ2) is 11.7. The smallest absolute Gasteiger partial charge is 0.416 e. The monoisotopic (exact) mass is 575 g/mol. The first-order chi connectivity index (χ1) is 19.0. The van der Waals surface area contributed by atoms with Crippen molar-refractivity contribution >= 4 is 41.3 Å². The molecule has 8 nitrogen and oxygen atoms in total. The van der Waals surface area contributed by atoms with Crippen molar-refractivity contribution in [1.29, 1.82) is 0 Å². The van der Waals surface area contributed by atoms with Crippen LogP contribution >= 0.6 is 12.8 Å². The molecule has 0 aliphatic heterocycles. The minimum atomic E-state index is -4.68. The molecule has 208 valence electrons. The number of ether oxygens (including phenoxy) is 3. The minimum absolute atomic E-state index is 0.0745. The summed E-state index contributed by atoms with van der Waals surface area (Å²) in [6, 6.07) is 11.8. The van der Waals surface area contributed by atoms with Crippen molar-refractivity contribution in [2.24, 2.45) is 0 Å². The van der Waals surface area contributed by atoms with Gasteiger partial charge in [0.25, 0.3) is 0 Å². The van der Waals surface area contributed by atoms with Gasteiger partial charge in [0.2, 0.25) is 5.91 Å². The molecule has 0 atom stereocenters. The van der Waals surface area contributed by atoms with E-state index in [0.29, 0.717) is 32.5 Å². The zero-order valence-corrected chi connectivity index (χ0v) is 21.8. The number of nitrogens with one attached hydrogen (secondary N) is 1. The molecule has 1 aromatic heterocycles. The van der Waals surface area contributed by atoms with Gasteiger partial charge in [-0.15, -0.1) is 0 Å². The molecular formula is C27H21F4N3O5S. The molecule has 3 aromatic carbocycles. The van der Waals surface area contributed by atoms with Crippen molar-refractivity contribution in [2.75, 3.05) is 18.5 Å². The largest absolute Gasteiger partial charge is 0.493 e. The standard InChI is InChI=1S/C27H21F4N3O5S/c1-37-23-13-17-20(14-24(23)38-2)32-10-9-22(17)39-16-7-8-21(19(28)12-16)34(40)26(36)33-25(35)11-15-5-3-4-6-18(15)27(29,30)31/h3-10,12-14,40H,11H2,1-2H3,(H,33,35,36). The van der Waals surface area contributed by atoms with Crippen LogP contribution in [0.3, 0.4) is 0 Å². The number of pyridine rings is 1. The van der Waals surface area contributed by atoms with E-state index >= 15 is 0 Å². The molecule has 0 radical (unpaired) electrons. The van der Waals surface area contributed by atoms with Crippen LogP contribution in [0.25, 0.3) is 10.9 Å². The molecule has 0 spiro atoms. The molecule has 0 aliphatic rings. The average molecular weight is 576 g/mol. The number of aromatic nitrogens is 1. The molecule has 0 unspecified atom stereocenters. The van der Waals surface area contributed by atoms with E-state index in [2.05, 4.69) is 17.8 Å². The maximum absolute atomic E-state index is 15.0. The number of nitrogens with zero attached hydrogens (tertiary/aromatic N) is 2. The first-order valence-electron chi connectivity index (χ1n) is 11.5. The second-order valence-corrected chi connectivity index (χ2v) is 8.65. The molecule has 0 saturated carbocycles. The molecule has 13 heteroatoms. The van der Waals surface area contributed by atoms with Gasteiger partial charge in [0.15, 0.2) is 17.3 Å². The van der Waals surface area contributed by atoms with Crippen molar-refractivity contribution in [3.05, 3.63) is 83.8 Å². The number of hydrogen-bond donors (Lipinski definition) is 2. The van der Waals surface area contributed by atoms with Gasteiger partial charge in [-0.2, -0.15) is 13.2 Å². The van der Waals surface area contributed by atoms with Gasteiger partial charge >= 0.3 is 12.2 Å². The number of fused-ring (bicyclic) bond motifs is 1. The fraction of sp³-hybridized carbons (Fsp3) is 0.148. The summed E-state index contributed by atoms with van der Waals surface area (Å²) in [5, 5.41) is 2.47. The topological polar surface area (TPSA) is 90.0 Å². The van der Waals surface area contributed by atoms with Crippen molar-refractivity contribution in [3.8, 4) is 23.0 Å². The molecule has 0 bridgehead atoms. The van der Waals surface area contributed by atoms with Gasteiger partial charge in [0, 0.05) is 23.7 Å². The summed E-state index contributed by atoms with van der Waals surface area (Å²) >= 11 is 3.95. The number of hydrogen-bond acceptors (Lipinski definition) is 7. The van der Waals surface area contributed by atoms with Crippen molar-refractivity contribution in [3.63, 3.8) is 0 Å². The number of methoxy groups -OCH3 is 2. The quantitative estimate of drug-likeness (QED) is 0.198. The Kier molecular flexibility index (Phi) is 8.33. The normalized spacial score (nSPS) is 11.2. The van der Waals surface area contributed by atoms with Gasteiger partial charge in [-0.25, -0.2) is 13.5 Å². The Balaban J connectivity index is 1.48. The number of amides is 3. The summed E-state index contributed by atoms with van der Waals surface area (Å²) in [4.78, 5) is 29.0. The van der Waals surface area contributed by atoms with Gasteiger partial charge in [-0.1, -0.05) is 31.0 Å². The van der Waals surface area contributed by atoms with E-state index in [1.807, 2.05) is 5.32 Å². The van der Waals surface area contributed by atoms with Crippen molar-refractivity contribution in [2.45, 2.75) is 12.6 Å². The molecule has 0 saturated heterocycles. The molecule has 40 heavy (non-hydrogen) atoms. The Morgan fingerprint density at radius 2 is 1.68 bits per heavy atom. The Hall–Kier alpha value is -4.52. The SMILES string of the molecule is COc1cc2nccc(Oc3ccc(N(S)C(=O)NC(=O)Cc4ccccc4C(F)(F)F)c(F)c3)c2cc1OC. The molecule has 1 heterocycles. The van der Waals surface area contributed by atoms with Gasteiger partial charge in [-0.3, -0.25) is 15.1 Å². The van der Waals surface area contributed by atoms with Crippen LogP contribution in [0.2, 0.25) is 0 Å². The first-order valence-corrected chi connectivity index (χ1v) is 11.9. The zero-order chi connectivity index (χ0) is 29.0. The number of halogens is 4. The summed E-state index contributed by atoms with van der Waals surface area (Å²) in [7, 11) is 2.96. The van der Waals surface area contributed by atoms with Crippen LogP contribution in [0.1, 0.15) is 11.1 Å². The number of thiol groups is 1. The third kappa shape index (κ3) is 6.20. The third-order valence-electron chi connectivity index (χ3n) is 5.69. The van der Waals surface area contributed by atoms with E-state index in [1.54, 1.807) is 18.2 Å². The summed E-state index contributed by atoms with van der Waals surface area (Å²) in [5.74, 6) is -0.644. The predicted octanol–water partition coefficient (Wildman–Crippen LogP) is 6.33. The lowest BCUT2D eigenvalue weighted by atomic mass is 10.0. The van der Waals surface area contributed by atoms with E-state index in [0.717, 1.165) is 18.2 Å². The molecule has 0 fully saturated rings. The second-order valence-electron chi connectivity index (χ2n) is 8.25. The molecule has 4 aromatic rings. The molecule has 1 N–H and O–H groups in total. The molecule has 3 amide bonds. The highest BCUT2D eigenvalue weighted by atomic mass is 32.1. The van der Waals surface area contributed by atoms with Gasteiger partial charge < -0.3 is 14.2 Å². The summed E-state index contributed by atoms with van der Waals surface area (Å²) in [5.41, 5.74) is -1.12. The number of rotatable bonds is 7. The van der Waals surface area contributed by atoms with E-state index in [9.17, 15) is 27.2 Å². The Morgan fingerprint density at radius 1 is 0.975 bits per heavy atom. The first kappa shape index (κ1) is 28.5.